The maximum Gasteiger partial charge on any atom is 0.315 e. The van der Waals surface area contributed by atoms with Crippen molar-refractivity contribution in [1.82, 2.24) is 10.6 Å². The summed E-state index contributed by atoms with van der Waals surface area (Å²) in [6.07, 6.45) is 5.67. The highest BCUT2D eigenvalue weighted by molar-refractivity contribution is 5.74. The zero-order valence-electron chi connectivity index (χ0n) is 10.3. The minimum Gasteiger partial charge on any atom is -0.381 e. The summed E-state index contributed by atoms with van der Waals surface area (Å²) in [6.45, 7) is 2.06. The van der Waals surface area contributed by atoms with Crippen LogP contribution in [0.2, 0.25) is 0 Å². The number of nitrogens with one attached hydrogen (secondary N) is 2. The van der Waals surface area contributed by atoms with Crippen molar-refractivity contribution in [3.63, 3.8) is 0 Å². The van der Waals surface area contributed by atoms with Gasteiger partial charge in [0.05, 0.1) is 6.61 Å². The molecule has 98 valence electrons. The lowest BCUT2D eigenvalue weighted by molar-refractivity contribution is 0.180. The van der Waals surface area contributed by atoms with Crippen LogP contribution in [0.3, 0.4) is 0 Å². The van der Waals surface area contributed by atoms with E-state index in [4.69, 9.17) is 10.5 Å². The van der Waals surface area contributed by atoms with Crippen molar-refractivity contribution in [3.8, 4) is 0 Å². The minimum atomic E-state index is -0.0775. The Morgan fingerprint density at radius 3 is 2.76 bits per heavy atom. The summed E-state index contributed by atoms with van der Waals surface area (Å²) in [4.78, 5) is 11.6. The molecule has 5 heteroatoms. The number of hydrogen-bond donors (Lipinski definition) is 3. The van der Waals surface area contributed by atoms with Crippen molar-refractivity contribution in [2.75, 3.05) is 19.8 Å². The number of carbonyl (C=O) groups excluding carboxylic acids is 1. The fraction of sp³-hybridized carbons (Fsp3) is 0.917. The second-order valence-corrected chi connectivity index (χ2v) is 5.12. The van der Waals surface area contributed by atoms with Gasteiger partial charge in [0.25, 0.3) is 0 Å². The molecule has 2 amide bonds. The maximum absolute atomic E-state index is 11.6. The van der Waals surface area contributed by atoms with E-state index >= 15 is 0 Å². The quantitative estimate of drug-likeness (QED) is 0.674. The third-order valence-corrected chi connectivity index (χ3v) is 3.76. The van der Waals surface area contributed by atoms with E-state index in [2.05, 4.69) is 10.6 Å². The first-order chi connectivity index (χ1) is 8.25. The lowest BCUT2D eigenvalue weighted by atomic mass is 10.0. The second-order valence-electron chi connectivity index (χ2n) is 5.12. The summed E-state index contributed by atoms with van der Waals surface area (Å²) in [7, 11) is 0. The van der Waals surface area contributed by atoms with E-state index in [1.54, 1.807) is 0 Å². The molecule has 1 aliphatic heterocycles. The predicted octanol–water partition coefficient (Wildman–Crippen LogP) is 0.592. The van der Waals surface area contributed by atoms with Gasteiger partial charge in [-0.05, 0) is 19.3 Å². The molecule has 2 unspecified atom stereocenters. The SMILES string of the molecule is NC(CNC(=O)NC1CCCC1)C1CCOC1. The molecule has 17 heavy (non-hydrogen) atoms. The van der Waals surface area contributed by atoms with Crippen LogP contribution in [-0.2, 0) is 4.74 Å². The van der Waals surface area contributed by atoms with Crippen molar-refractivity contribution in [2.24, 2.45) is 11.7 Å². The van der Waals surface area contributed by atoms with Gasteiger partial charge in [0, 0.05) is 31.2 Å². The van der Waals surface area contributed by atoms with Crippen LogP contribution in [0.1, 0.15) is 32.1 Å². The lowest BCUT2D eigenvalue weighted by Gasteiger charge is -2.19. The van der Waals surface area contributed by atoms with Gasteiger partial charge in [-0.15, -0.1) is 0 Å². The number of carbonyl (C=O) groups is 1. The molecule has 0 aromatic carbocycles. The smallest absolute Gasteiger partial charge is 0.315 e. The van der Waals surface area contributed by atoms with Crippen molar-refractivity contribution < 1.29 is 9.53 Å². The number of urea groups is 1. The van der Waals surface area contributed by atoms with E-state index in [0.29, 0.717) is 18.5 Å². The molecule has 0 aromatic rings. The number of ether oxygens (including phenoxy) is 1. The molecule has 0 aromatic heterocycles. The van der Waals surface area contributed by atoms with Gasteiger partial charge in [-0.25, -0.2) is 4.79 Å². The maximum atomic E-state index is 11.6. The highest BCUT2D eigenvalue weighted by Gasteiger charge is 2.23. The van der Waals surface area contributed by atoms with E-state index in [1.165, 1.54) is 12.8 Å². The fourth-order valence-electron chi connectivity index (χ4n) is 2.57. The molecule has 0 bridgehead atoms. The molecule has 1 saturated carbocycles. The van der Waals surface area contributed by atoms with E-state index < -0.39 is 0 Å². The van der Waals surface area contributed by atoms with Gasteiger partial charge in [-0.1, -0.05) is 12.8 Å². The van der Waals surface area contributed by atoms with Gasteiger partial charge in [-0.2, -0.15) is 0 Å². The van der Waals surface area contributed by atoms with Gasteiger partial charge in [0.15, 0.2) is 0 Å². The van der Waals surface area contributed by atoms with Crippen molar-refractivity contribution >= 4 is 6.03 Å². The molecule has 1 aliphatic carbocycles. The molecular formula is C12H23N3O2. The van der Waals surface area contributed by atoms with Crippen LogP contribution >= 0.6 is 0 Å². The Morgan fingerprint density at radius 2 is 2.12 bits per heavy atom. The Kier molecular flexibility index (Phi) is 4.62. The summed E-state index contributed by atoms with van der Waals surface area (Å²) in [5.41, 5.74) is 6.01. The zero-order valence-corrected chi connectivity index (χ0v) is 10.3. The lowest BCUT2D eigenvalue weighted by Crippen LogP contribution is -2.47. The monoisotopic (exact) mass is 241 g/mol. The topological polar surface area (TPSA) is 76.4 Å². The molecule has 4 N–H and O–H groups in total. The van der Waals surface area contributed by atoms with Crippen LogP contribution < -0.4 is 16.4 Å². The molecular weight excluding hydrogens is 218 g/mol. The van der Waals surface area contributed by atoms with E-state index in [-0.39, 0.29) is 12.1 Å². The summed E-state index contributed by atoms with van der Waals surface area (Å²) < 4.78 is 5.28. The Morgan fingerprint density at radius 1 is 1.35 bits per heavy atom. The highest BCUT2D eigenvalue weighted by atomic mass is 16.5. The molecule has 1 saturated heterocycles. The Hall–Kier alpha value is -0.810. The summed E-state index contributed by atoms with van der Waals surface area (Å²) in [5.74, 6) is 0.391. The number of hydrogen-bond acceptors (Lipinski definition) is 3. The normalized spacial score (nSPS) is 27.0. The molecule has 2 fully saturated rings. The molecule has 2 atom stereocenters. The fourth-order valence-corrected chi connectivity index (χ4v) is 2.57. The third kappa shape index (κ3) is 3.85. The molecule has 0 spiro atoms. The third-order valence-electron chi connectivity index (χ3n) is 3.76. The number of rotatable bonds is 4. The van der Waals surface area contributed by atoms with Crippen LogP contribution in [0.5, 0.6) is 0 Å². The summed E-state index contributed by atoms with van der Waals surface area (Å²) in [6, 6.07) is 0.291. The van der Waals surface area contributed by atoms with Gasteiger partial charge in [0.2, 0.25) is 0 Å². The molecule has 5 nitrogen and oxygen atoms in total. The molecule has 1 heterocycles. The number of nitrogens with two attached hydrogens (primary N) is 1. The largest absolute Gasteiger partial charge is 0.381 e. The van der Waals surface area contributed by atoms with Crippen LogP contribution in [0.25, 0.3) is 0 Å². The van der Waals surface area contributed by atoms with Crippen molar-refractivity contribution in [1.29, 1.82) is 0 Å². The average Bonchev–Trinajstić information content (AvgIpc) is 2.97. The van der Waals surface area contributed by atoms with Gasteiger partial charge in [0.1, 0.15) is 0 Å². The minimum absolute atomic E-state index is 0.00632. The highest BCUT2D eigenvalue weighted by Crippen LogP contribution is 2.17. The number of amides is 2. The first kappa shape index (κ1) is 12.6. The van der Waals surface area contributed by atoms with Crippen molar-refractivity contribution in [2.45, 2.75) is 44.2 Å². The molecule has 0 radical (unpaired) electrons. The Balaban J connectivity index is 1.61. The second kappa shape index (κ2) is 6.21. The van der Waals surface area contributed by atoms with E-state index in [9.17, 15) is 4.79 Å². The van der Waals surface area contributed by atoms with Gasteiger partial charge >= 0.3 is 6.03 Å². The zero-order chi connectivity index (χ0) is 12.1. The van der Waals surface area contributed by atoms with E-state index in [0.717, 1.165) is 32.5 Å². The molecule has 2 aliphatic rings. The van der Waals surface area contributed by atoms with Crippen LogP contribution in [0.4, 0.5) is 4.79 Å². The van der Waals surface area contributed by atoms with Crippen LogP contribution in [0.15, 0.2) is 0 Å². The Bertz CT molecular complexity index is 248. The van der Waals surface area contributed by atoms with Crippen molar-refractivity contribution in [3.05, 3.63) is 0 Å². The predicted molar refractivity (Wildman–Crippen MR) is 65.7 cm³/mol. The van der Waals surface area contributed by atoms with Gasteiger partial charge < -0.3 is 21.1 Å². The Labute approximate surface area is 102 Å². The summed E-state index contributed by atoms with van der Waals surface area (Å²) >= 11 is 0. The first-order valence-corrected chi connectivity index (χ1v) is 6.63. The van der Waals surface area contributed by atoms with E-state index in [1.807, 2.05) is 0 Å². The van der Waals surface area contributed by atoms with Crippen LogP contribution in [-0.4, -0.2) is 37.9 Å². The first-order valence-electron chi connectivity index (χ1n) is 6.63. The van der Waals surface area contributed by atoms with Crippen LogP contribution in [0, 0.1) is 5.92 Å². The standard InChI is InChI=1S/C12H23N3O2/c13-11(9-5-6-17-8-9)7-14-12(16)15-10-3-1-2-4-10/h9-11H,1-8,13H2,(H2,14,15,16). The summed E-state index contributed by atoms with van der Waals surface area (Å²) in [5, 5.41) is 5.84. The molecule has 2 rings (SSSR count). The average molecular weight is 241 g/mol. The van der Waals surface area contributed by atoms with Gasteiger partial charge in [-0.3, -0.25) is 0 Å².